The van der Waals surface area contributed by atoms with Gasteiger partial charge in [-0.1, -0.05) is 268 Å². The van der Waals surface area contributed by atoms with Crippen molar-refractivity contribution in [3.63, 3.8) is 0 Å². The third kappa shape index (κ3) is 9.29. The molecule has 0 fully saturated rings. The molecule has 0 atom stereocenters. The predicted molar refractivity (Wildman–Crippen MR) is 409 cm³/mol. The highest BCUT2D eigenvalue weighted by molar-refractivity contribution is 7.03. The van der Waals surface area contributed by atoms with Crippen LogP contribution in [0.25, 0.3) is 77.6 Å². The van der Waals surface area contributed by atoms with Gasteiger partial charge in [-0.15, -0.1) is 0 Å². The Morgan fingerprint density at radius 2 is 0.794 bits per heavy atom. The van der Waals surface area contributed by atoms with Gasteiger partial charge in [-0.3, -0.25) is 0 Å². The highest BCUT2D eigenvalue weighted by Crippen LogP contribution is 2.57. The fraction of sp³-hybridized carbons (Fsp3) is 0.133. The largest absolute Gasteiger partial charge is 0.459 e. The van der Waals surface area contributed by atoms with Crippen LogP contribution >= 0.6 is 0 Å². The summed E-state index contributed by atoms with van der Waals surface area (Å²) in [4.78, 5) is 4.27. The van der Waals surface area contributed by atoms with Crippen LogP contribution in [0.1, 0.15) is 95.5 Å². The number of para-hydroxylation sites is 4. The van der Waals surface area contributed by atoms with Crippen LogP contribution in [0.3, 0.4) is 0 Å². The van der Waals surface area contributed by atoms with Crippen molar-refractivity contribution in [2.75, 3.05) is 9.80 Å². The molecule has 4 aliphatic heterocycles. The molecule has 0 N–H and O–H groups in total. The maximum absolute atomic E-state index is 11.7. The van der Waals surface area contributed by atoms with Crippen LogP contribution in [0.5, 0.6) is 23.0 Å². The van der Waals surface area contributed by atoms with Crippen LogP contribution in [0, 0.1) is 0 Å². The van der Waals surface area contributed by atoms with E-state index in [9.17, 15) is 16.4 Å². The van der Waals surface area contributed by atoms with Crippen molar-refractivity contribution in [3.8, 4) is 78.6 Å². The molecule has 0 saturated carbocycles. The van der Waals surface area contributed by atoms with Gasteiger partial charge < -0.3 is 23.7 Å². The van der Waals surface area contributed by atoms with Gasteiger partial charge in [-0.2, -0.15) is 0 Å². The van der Waals surface area contributed by atoms with Crippen LogP contribution in [0.15, 0.2) is 277 Å². The maximum atomic E-state index is 11.7. The lowest BCUT2D eigenvalue weighted by Gasteiger charge is -2.48. The summed E-state index contributed by atoms with van der Waals surface area (Å²) >= 11 is 0. The third-order valence-electron chi connectivity index (χ3n) is 19.9. The SMILES string of the molecule is [2H]c1c([2H])c([2H])c2c(c1[2H])Oc1c([2H])c3c(c4c1B2c1c([2H])c([2H])c([2H])c([2H])c1O4)B1c2c(cc(C(C)(C)C)cc2N3c2c(-c3ccccc3)cc(C(C)(C)C)cc2-c2ccccc2)N(c2c(-c3ccccc3)cc(C(C)(C)C)cc2-c2ccccc2)c2c([2H])c(-c3cccc4c3oc3ccccc34)c([2H])c([2H])c21. The fourth-order valence-corrected chi connectivity index (χ4v) is 15.0. The zero-order valence-corrected chi connectivity index (χ0v) is 55.3. The van der Waals surface area contributed by atoms with E-state index in [2.05, 4.69) is 157 Å². The highest BCUT2D eigenvalue weighted by atomic mass is 16.5. The highest BCUT2D eigenvalue weighted by Gasteiger charge is 2.51. The second kappa shape index (κ2) is 21.8. The van der Waals surface area contributed by atoms with Crippen LogP contribution in [0.4, 0.5) is 34.1 Å². The summed E-state index contributed by atoms with van der Waals surface area (Å²) in [5.41, 5.74) is 12.8. The maximum Gasteiger partial charge on any atom is 0.260 e. The van der Waals surface area contributed by atoms with E-state index in [-0.39, 0.29) is 91.4 Å². The Morgan fingerprint density at radius 1 is 0.340 bits per heavy atom. The molecule has 0 radical (unpaired) electrons. The van der Waals surface area contributed by atoms with Crippen molar-refractivity contribution in [2.24, 2.45) is 0 Å². The Balaban J connectivity index is 1.11. The molecule has 5 nitrogen and oxygen atoms in total. The molecule has 1 aromatic heterocycles. The number of nitrogens with zero attached hydrogens (tertiary/aromatic N) is 2. The van der Waals surface area contributed by atoms with Crippen molar-refractivity contribution in [1.82, 2.24) is 0 Å². The first-order valence-corrected chi connectivity index (χ1v) is 33.2. The molecule has 97 heavy (non-hydrogen) atoms. The molecule has 0 spiro atoms. The molecule has 0 amide bonds. The smallest absolute Gasteiger partial charge is 0.260 e. The monoisotopic (exact) mass is 1260 g/mol. The van der Waals surface area contributed by atoms with Crippen LogP contribution in [-0.4, -0.2) is 13.4 Å². The first kappa shape index (κ1) is 47.0. The minimum Gasteiger partial charge on any atom is -0.459 e. The predicted octanol–water partition coefficient (Wildman–Crippen LogP) is 20.6. The lowest BCUT2D eigenvalue weighted by molar-refractivity contribution is 0.467. The van der Waals surface area contributed by atoms with Gasteiger partial charge in [0.25, 0.3) is 13.4 Å². The Labute approximate surface area is 586 Å². The normalized spacial score (nSPS) is 15.2. The number of benzene rings is 13. The van der Waals surface area contributed by atoms with Gasteiger partial charge in [-0.25, -0.2) is 0 Å². The quantitative estimate of drug-likeness (QED) is 0.149. The van der Waals surface area contributed by atoms with Gasteiger partial charge in [0.2, 0.25) is 0 Å². The summed E-state index contributed by atoms with van der Waals surface area (Å²) in [7, 11) is 0. The van der Waals surface area contributed by atoms with Crippen molar-refractivity contribution >= 4 is 102 Å². The van der Waals surface area contributed by atoms with Gasteiger partial charge in [0, 0.05) is 72.8 Å². The average Bonchev–Trinajstić information content (AvgIpc) is 0.861. The number of hydrogen-bond donors (Lipinski definition) is 0. The average molecular weight is 1260 g/mol. The third-order valence-corrected chi connectivity index (χ3v) is 19.9. The Morgan fingerprint density at radius 3 is 1.31 bits per heavy atom. The lowest BCUT2D eigenvalue weighted by Crippen LogP contribution is -2.65. The number of furan rings is 1. The summed E-state index contributed by atoms with van der Waals surface area (Å²) in [6.45, 7) is 16.7. The summed E-state index contributed by atoms with van der Waals surface area (Å²) in [5.74, 6) is -0.896. The van der Waals surface area contributed by atoms with E-state index in [4.69, 9.17) is 13.9 Å². The van der Waals surface area contributed by atoms with Crippen molar-refractivity contribution < 1.29 is 30.3 Å². The molecule has 0 aliphatic carbocycles. The van der Waals surface area contributed by atoms with Gasteiger partial charge in [0.1, 0.15) is 34.2 Å². The van der Waals surface area contributed by atoms with E-state index in [0.29, 0.717) is 44.9 Å². The van der Waals surface area contributed by atoms with E-state index in [1.165, 1.54) is 0 Å². The Kier molecular flexibility index (Phi) is 10.5. The van der Waals surface area contributed by atoms with E-state index in [1.54, 1.807) is 0 Å². The number of hydrogen-bond acceptors (Lipinski definition) is 5. The minimum atomic E-state index is -1.50. The van der Waals surface area contributed by atoms with E-state index in [0.717, 1.165) is 72.0 Å². The first-order chi connectivity index (χ1) is 52.0. The van der Waals surface area contributed by atoms with E-state index in [1.807, 2.05) is 115 Å². The first-order valence-electron chi connectivity index (χ1n) is 39.2. The fourth-order valence-electron chi connectivity index (χ4n) is 15.0. The standard InChI is InChI=1S/C90H72B2N2O3/c1-88(2,3)60-48-66(55-29-14-10-15-30-55)84(67(49-60)56-31-16-11-17-32-56)93-73-47-59(63-38-28-39-65-64-37-22-25-42-77(64)96-86(63)65)45-46-70(73)92-81-74(93)52-62(90(7,8)9)53-75(81)94(85-68(57-33-18-12-19-34-57)50-61(89(4,5)6)51-69(85)58-35-20-13-21-36-58)76-54-80-83-87(82(76)92)97-79-44-27-24-41-72(79)91(83)71-40-23-26-43-78(71)95-80/h10-54H,1-9H3/i23D,24D,26D,27D,40D,41D,43D,44D,45D,46D,47D,54D. The Hall–Kier alpha value is -11.0. The van der Waals surface area contributed by atoms with Crippen LogP contribution < -0.4 is 52.1 Å². The molecular formula is C90H72B2N2O3. The molecule has 14 aromatic rings. The van der Waals surface area contributed by atoms with Crippen LogP contribution in [-0.2, 0) is 16.2 Å². The lowest BCUT2D eigenvalue weighted by atomic mass is 9.30. The number of rotatable bonds is 7. The molecule has 0 saturated heterocycles. The number of ether oxygens (including phenoxy) is 2. The molecule has 18 rings (SSSR count). The summed E-state index contributed by atoms with van der Waals surface area (Å²) in [5, 5.41) is 1.58. The van der Waals surface area contributed by atoms with E-state index < -0.39 is 78.0 Å². The second-order valence-corrected chi connectivity index (χ2v) is 29.0. The van der Waals surface area contributed by atoms with E-state index >= 15 is 0 Å². The molecule has 13 aromatic carbocycles. The van der Waals surface area contributed by atoms with Crippen LogP contribution in [0.2, 0.25) is 0 Å². The van der Waals surface area contributed by atoms with Gasteiger partial charge >= 0.3 is 0 Å². The number of fused-ring (bicyclic) bond motifs is 12. The molecule has 0 unspecified atom stereocenters. The second-order valence-electron chi connectivity index (χ2n) is 29.0. The summed E-state index contributed by atoms with van der Waals surface area (Å²) in [6.07, 6.45) is 0. The zero-order chi connectivity index (χ0) is 76.2. The Bertz CT molecular complexity index is 6150. The van der Waals surface area contributed by atoms with Crippen molar-refractivity contribution in [1.29, 1.82) is 0 Å². The summed E-state index contributed by atoms with van der Waals surface area (Å²) < 4.78 is 144. The topological polar surface area (TPSA) is 38.1 Å². The van der Waals surface area contributed by atoms with Gasteiger partial charge in [-0.05, 0) is 149 Å². The molecule has 466 valence electrons. The molecule has 5 heterocycles. The van der Waals surface area contributed by atoms with Gasteiger partial charge in [0.15, 0.2) is 0 Å². The molecule has 0 bridgehead atoms. The molecule has 7 heteroatoms. The zero-order valence-electron chi connectivity index (χ0n) is 67.3. The number of anilines is 6. The molecular weight excluding hydrogens is 1180 g/mol. The van der Waals surface area contributed by atoms with Gasteiger partial charge in [0.05, 0.1) is 27.8 Å². The van der Waals surface area contributed by atoms with Crippen molar-refractivity contribution in [3.05, 3.63) is 289 Å². The molecule has 4 aliphatic rings. The van der Waals surface area contributed by atoms with Crippen molar-refractivity contribution in [2.45, 2.75) is 78.6 Å². The minimum absolute atomic E-state index is 0.0561. The summed E-state index contributed by atoms with van der Waals surface area (Å²) in [6, 6.07) is 61.6.